The standard InChI is InChI=1S/C15H25N3O3S/c19-12-15(20)2-1-4-17(5-3-15)11-13-10-16-14(22-13)18-6-8-21-9-7-18/h10,19-20H,1-9,11-12H2/t15-/m0/s1. The Morgan fingerprint density at radius 2 is 2.05 bits per heavy atom. The number of likely N-dealkylation sites (tertiary alicyclic amines) is 1. The Hall–Kier alpha value is -0.730. The third-order valence-electron chi connectivity index (χ3n) is 4.51. The number of thiazole rings is 1. The average molecular weight is 327 g/mol. The topological polar surface area (TPSA) is 69.1 Å². The summed E-state index contributed by atoms with van der Waals surface area (Å²) in [5.41, 5.74) is -0.887. The van der Waals surface area contributed by atoms with Gasteiger partial charge in [0.05, 0.1) is 25.4 Å². The molecule has 2 fully saturated rings. The summed E-state index contributed by atoms with van der Waals surface area (Å²) in [5.74, 6) is 0. The summed E-state index contributed by atoms with van der Waals surface area (Å²) in [5, 5.41) is 20.6. The summed E-state index contributed by atoms with van der Waals surface area (Å²) in [4.78, 5) is 10.4. The van der Waals surface area contributed by atoms with Crippen LogP contribution in [-0.2, 0) is 11.3 Å². The summed E-state index contributed by atoms with van der Waals surface area (Å²) >= 11 is 1.75. The minimum Gasteiger partial charge on any atom is -0.393 e. The maximum Gasteiger partial charge on any atom is 0.185 e. The maximum atomic E-state index is 10.2. The Morgan fingerprint density at radius 1 is 1.23 bits per heavy atom. The van der Waals surface area contributed by atoms with Gasteiger partial charge in [0, 0.05) is 37.3 Å². The van der Waals surface area contributed by atoms with Crippen molar-refractivity contribution in [2.45, 2.75) is 31.4 Å². The van der Waals surface area contributed by atoms with E-state index >= 15 is 0 Å². The second kappa shape index (κ2) is 7.23. The van der Waals surface area contributed by atoms with Crippen LogP contribution in [0, 0.1) is 0 Å². The molecule has 1 atom stereocenters. The number of aliphatic hydroxyl groups excluding tert-OH is 1. The van der Waals surface area contributed by atoms with Gasteiger partial charge < -0.3 is 19.8 Å². The van der Waals surface area contributed by atoms with Gasteiger partial charge in [-0.1, -0.05) is 0 Å². The van der Waals surface area contributed by atoms with E-state index in [4.69, 9.17) is 4.74 Å². The van der Waals surface area contributed by atoms with Crippen molar-refractivity contribution in [3.8, 4) is 0 Å². The molecule has 2 aliphatic rings. The van der Waals surface area contributed by atoms with E-state index < -0.39 is 5.60 Å². The molecule has 0 amide bonds. The van der Waals surface area contributed by atoms with Gasteiger partial charge in [-0.05, 0) is 25.8 Å². The van der Waals surface area contributed by atoms with Crippen LogP contribution < -0.4 is 4.90 Å². The highest BCUT2D eigenvalue weighted by Gasteiger charge is 2.29. The first-order chi connectivity index (χ1) is 10.7. The second-order valence-corrected chi connectivity index (χ2v) is 7.31. The van der Waals surface area contributed by atoms with E-state index in [1.165, 1.54) is 4.88 Å². The van der Waals surface area contributed by atoms with Crippen molar-refractivity contribution in [3.05, 3.63) is 11.1 Å². The van der Waals surface area contributed by atoms with Crippen LogP contribution in [0.3, 0.4) is 0 Å². The molecule has 7 heteroatoms. The molecular weight excluding hydrogens is 302 g/mol. The fourth-order valence-electron chi connectivity index (χ4n) is 3.04. The SMILES string of the molecule is OC[C@]1(O)CCCN(Cc2cnc(N3CCOCC3)s2)CC1. The average Bonchev–Trinajstić information content (AvgIpc) is 2.93. The van der Waals surface area contributed by atoms with Gasteiger partial charge in [-0.2, -0.15) is 0 Å². The summed E-state index contributed by atoms with van der Waals surface area (Å²) in [6.45, 7) is 5.92. The van der Waals surface area contributed by atoms with Gasteiger partial charge in [-0.25, -0.2) is 4.98 Å². The predicted octanol–water partition coefficient (Wildman–Crippen LogP) is 0.689. The highest BCUT2D eigenvalue weighted by Crippen LogP contribution is 2.27. The quantitative estimate of drug-likeness (QED) is 0.848. The van der Waals surface area contributed by atoms with Crippen molar-refractivity contribution in [2.75, 3.05) is 50.9 Å². The molecule has 2 saturated heterocycles. The first kappa shape index (κ1) is 16.1. The summed E-state index contributed by atoms with van der Waals surface area (Å²) in [7, 11) is 0. The van der Waals surface area contributed by atoms with Crippen molar-refractivity contribution >= 4 is 16.5 Å². The Labute approximate surface area is 135 Å². The van der Waals surface area contributed by atoms with E-state index in [0.29, 0.717) is 12.8 Å². The molecule has 0 unspecified atom stereocenters. The smallest absolute Gasteiger partial charge is 0.185 e. The van der Waals surface area contributed by atoms with E-state index in [1.807, 2.05) is 6.20 Å². The predicted molar refractivity (Wildman–Crippen MR) is 86.3 cm³/mol. The van der Waals surface area contributed by atoms with E-state index in [9.17, 15) is 10.2 Å². The summed E-state index contributed by atoms with van der Waals surface area (Å²) < 4.78 is 5.38. The molecule has 22 heavy (non-hydrogen) atoms. The normalized spacial score (nSPS) is 27.8. The van der Waals surface area contributed by atoms with Crippen LogP contribution in [0.25, 0.3) is 0 Å². The van der Waals surface area contributed by atoms with Crippen LogP contribution in [0.15, 0.2) is 6.20 Å². The lowest BCUT2D eigenvalue weighted by Gasteiger charge is -2.26. The van der Waals surface area contributed by atoms with Crippen LogP contribution in [0.1, 0.15) is 24.1 Å². The number of anilines is 1. The number of aliphatic hydroxyl groups is 2. The molecule has 3 rings (SSSR count). The van der Waals surface area contributed by atoms with Crippen LogP contribution in [0.5, 0.6) is 0 Å². The molecule has 0 saturated carbocycles. The molecular formula is C15H25N3O3S. The number of hydrogen-bond donors (Lipinski definition) is 2. The zero-order valence-electron chi connectivity index (χ0n) is 12.9. The molecule has 6 nitrogen and oxygen atoms in total. The third kappa shape index (κ3) is 3.97. The fraction of sp³-hybridized carbons (Fsp3) is 0.800. The zero-order valence-corrected chi connectivity index (χ0v) is 13.7. The van der Waals surface area contributed by atoms with Gasteiger partial charge >= 0.3 is 0 Å². The Bertz CT molecular complexity index is 478. The van der Waals surface area contributed by atoms with E-state index in [-0.39, 0.29) is 6.61 Å². The Balaban J connectivity index is 1.56. The van der Waals surface area contributed by atoms with Crippen molar-refractivity contribution in [1.29, 1.82) is 0 Å². The van der Waals surface area contributed by atoms with Crippen molar-refractivity contribution < 1.29 is 14.9 Å². The van der Waals surface area contributed by atoms with Crippen LogP contribution in [-0.4, -0.2) is 71.7 Å². The molecule has 1 aromatic rings. The molecule has 0 spiro atoms. The van der Waals surface area contributed by atoms with Gasteiger partial charge in [-0.15, -0.1) is 11.3 Å². The highest BCUT2D eigenvalue weighted by atomic mass is 32.1. The van der Waals surface area contributed by atoms with Gasteiger partial charge in [0.1, 0.15) is 0 Å². The lowest BCUT2D eigenvalue weighted by atomic mass is 9.96. The minimum absolute atomic E-state index is 0.136. The number of rotatable bonds is 4. The molecule has 3 heterocycles. The zero-order chi connectivity index (χ0) is 15.4. The first-order valence-corrected chi connectivity index (χ1v) is 8.83. The van der Waals surface area contributed by atoms with Crippen molar-refractivity contribution in [1.82, 2.24) is 9.88 Å². The highest BCUT2D eigenvalue weighted by molar-refractivity contribution is 7.15. The number of ether oxygens (including phenoxy) is 1. The lowest BCUT2D eigenvalue weighted by Crippen LogP contribution is -2.36. The monoisotopic (exact) mass is 327 g/mol. The maximum absolute atomic E-state index is 10.2. The van der Waals surface area contributed by atoms with Crippen molar-refractivity contribution in [3.63, 3.8) is 0 Å². The van der Waals surface area contributed by atoms with E-state index in [2.05, 4.69) is 14.8 Å². The van der Waals surface area contributed by atoms with Gasteiger partial charge in [-0.3, -0.25) is 4.90 Å². The van der Waals surface area contributed by atoms with Crippen LogP contribution in [0.4, 0.5) is 5.13 Å². The number of hydrogen-bond acceptors (Lipinski definition) is 7. The number of nitrogens with zero attached hydrogens (tertiary/aromatic N) is 3. The van der Waals surface area contributed by atoms with Crippen LogP contribution in [0.2, 0.25) is 0 Å². The summed E-state index contributed by atoms with van der Waals surface area (Å²) in [6, 6.07) is 0. The second-order valence-electron chi connectivity index (χ2n) is 6.22. The minimum atomic E-state index is -0.887. The van der Waals surface area contributed by atoms with Crippen LogP contribution >= 0.6 is 11.3 Å². The molecule has 0 aliphatic carbocycles. The third-order valence-corrected chi connectivity index (χ3v) is 5.55. The molecule has 2 N–H and O–H groups in total. The first-order valence-electron chi connectivity index (χ1n) is 8.01. The van der Waals surface area contributed by atoms with Gasteiger partial charge in [0.2, 0.25) is 0 Å². The number of morpholine rings is 1. The van der Waals surface area contributed by atoms with E-state index in [1.54, 1.807) is 11.3 Å². The van der Waals surface area contributed by atoms with Gasteiger partial charge in [0.25, 0.3) is 0 Å². The molecule has 0 radical (unpaired) electrons. The molecule has 0 aromatic carbocycles. The lowest BCUT2D eigenvalue weighted by molar-refractivity contribution is -0.0255. The largest absolute Gasteiger partial charge is 0.393 e. The Morgan fingerprint density at radius 3 is 2.82 bits per heavy atom. The fourth-order valence-corrected chi connectivity index (χ4v) is 4.05. The van der Waals surface area contributed by atoms with E-state index in [0.717, 1.165) is 57.5 Å². The van der Waals surface area contributed by atoms with Crippen molar-refractivity contribution in [2.24, 2.45) is 0 Å². The number of aromatic nitrogens is 1. The molecule has 124 valence electrons. The molecule has 1 aromatic heterocycles. The molecule has 0 bridgehead atoms. The molecule has 2 aliphatic heterocycles. The Kier molecular flexibility index (Phi) is 5.30. The summed E-state index contributed by atoms with van der Waals surface area (Å²) in [6.07, 6.45) is 4.21. The van der Waals surface area contributed by atoms with Gasteiger partial charge in [0.15, 0.2) is 5.13 Å².